The normalized spacial score (nSPS) is 22.3. The first kappa shape index (κ1) is 13.5. The van der Waals surface area contributed by atoms with Crippen molar-refractivity contribution >= 4 is 0 Å². The maximum atomic E-state index is 13.2. The van der Waals surface area contributed by atoms with Gasteiger partial charge in [0, 0.05) is 18.6 Å². The van der Waals surface area contributed by atoms with Crippen molar-refractivity contribution in [2.75, 3.05) is 20.1 Å². The Labute approximate surface area is 109 Å². The van der Waals surface area contributed by atoms with Crippen molar-refractivity contribution in [3.63, 3.8) is 0 Å². The van der Waals surface area contributed by atoms with Gasteiger partial charge in [0.2, 0.25) is 0 Å². The van der Waals surface area contributed by atoms with E-state index in [4.69, 9.17) is 0 Å². The second kappa shape index (κ2) is 6.30. The van der Waals surface area contributed by atoms with E-state index in [9.17, 15) is 4.39 Å². The lowest BCUT2D eigenvalue weighted by Crippen LogP contribution is -2.37. The van der Waals surface area contributed by atoms with Gasteiger partial charge >= 0.3 is 0 Å². The zero-order valence-corrected chi connectivity index (χ0v) is 11.3. The molecule has 1 saturated heterocycles. The molecule has 0 spiro atoms. The first-order valence-electron chi connectivity index (χ1n) is 6.89. The molecule has 1 fully saturated rings. The molecule has 0 radical (unpaired) electrons. The molecule has 1 aliphatic heterocycles. The van der Waals surface area contributed by atoms with E-state index >= 15 is 0 Å². The SMILES string of the molecule is CCC(NCC1CCCN1C)c1cccc(F)c1. The van der Waals surface area contributed by atoms with Crippen LogP contribution >= 0.6 is 0 Å². The quantitative estimate of drug-likeness (QED) is 0.864. The molecule has 100 valence electrons. The molecule has 2 atom stereocenters. The van der Waals surface area contributed by atoms with Gasteiger partial charge in [-0.1, -0.05) is 19.1 Å². The van der Waals surface area contributed by atoms with Crippen LogP contribution < -0.4 is 5.32 Å². The highest BCUT2D eigenvalue weighted by molar-refractivity contribution is 5.20. The van der Waals surface area contributed by atoms with Crippen LogP contribution in [0, 0.1) is 5.82 Å². The monoisotopic (exact) mass is 250 g/mol. The fourth-order valence-electron chi connectivity index (χ4n) is 2.74. The highest BCUT2D eigenvalue weighted by Crippen LogP contribution is 2.19. The van der Waals surface area contributed by atoms with E-state index in [1.807, 2.05) is 6.07 Å². The number of hydrogen-bond donors (Lipinski definition) is 1. The first-order chi connectivity index (χ1) is 8.70. The van der Waals surface area contributed by atoms with Gasteiger partial charge in [0.05, 0.1) is 0 Å². The fourth-order valence-corrected chi connectivity index (χ4v) is 2.74. The summed E-state index contributed by atoms with van der Waals surface area (Å²) in [4.78, 5) is 2.41. The Kier molecular flexibility index (Phi) is 4.72. The molecule has 1 N–H and O–H groups in total. The van der Waals surface area contributed by atoms with Crippen molar-refractivity contribution in [3.05, 3.63) is 35.6 Å². The van der Waals surface area contributed by atoms with Gasteiger partial charge in [0.1, 0.15) is 5.82 Å². The number of benzene rings is 1. The van der Waals surface area contributed by atoms with Gasteiger partial charge in [-0.15, -0.1) is 0 Å². The molecule has 0 amide bonds. The minimum absolute atomic E-state index is 0.147. The standard InChI is InChI=1S/C15H23FN2/c1-3-15(12-6-4-7-13(16)10-12)17-11-14-8-5-9-18(14)2/h4,6-7,10,14-15,17H,3,5,8-9,11H2,1-2H3. The zero-order valence-electron chi connectivity index (χ0n) is 11.3. The Bertz CT molecular complexity index is 381. The van der Waals surface area contributed by atoms with Gasteiger partial charge in [-0.2, -0.15) is 0 Å². The molecule has 0 bridgehead atoms. The average Bonchev–Trinajstić information content (AvgIpc) is 2.76. The van der Waals surface area contributed by atoms with Crippen molar-refractivity contribution in [3.8, 4) is 0 Å². The molecule has 2 unspecified atom stereocenters. The summed E-state index contributed by atoms with van der Waals surface area (Å²) in [6.07, 6.45) is 3.54. The number of rotatable bonds is 5. The van der Waals surface area contributed by atoms with Gasteiger partial charge in [0.15, 0.2) is 0 Å². The zero-order chi connectivity index (χ0) is 13.0. The van der Waals surface area contributed by atoms with Gasteiger partial charge < -0.3 is 10.2 Å². The summed E-state index contributed by atoms with van der Waals surface area (Å²) in [7, 11) is 2.18. The third-order valence-electron chi connectivity index (χ3n) is 3.93. The van der Waals surface area contributed by atoms with E-state index in [0.29, 0.717) is 6.04 Å². The number of nitrogens with zero attached hydrogens (tertiary/aromatic N) is 1. The lowest BCUT2D eigenvalue weighted by atomic mass is 10.0. The Balaban J connectivity index is 1.93. The van der Waals surface area contributed by atoms with Gasteiger partial charge in [-0.05, 0) is 50.6 Å². The third kappa shape index (κ3) is 3.30. The van der Waals surface area contributed by atoms with Crippen LogP contribution in [0.25, 0.3) is 0 Å². The predicted molar refractivity (Wildman–Crippen MR) is 73.1 cm³/mol. The number of likely N-dealkylation sites (N-methyl/N-ethyl adjacent to an activating group) is 1. The van der Waals surface area contributed by atoms with Crippen molar-refractivity contribution in [1.29, 1.82) is 0 Å². The molecular weight excluding hydrogens is 227 g/mol. The highest BCUT2D eigenvalue weighted by Gasteiger charge is 2.21. The van der Waals surface area contributed by atoms with Crippen LogP contribution in [0.4, 0.5) is 4.39 Å². The molecular formula is C15H23FN2. The molecule has 18 heavy (non-hydrogen) atoms. The molecule has 0 aliphatic carbocycles. The van der Waals surface area contributed by atoms with E-state index in [1.54, 1.807) is 12.1 Å². The van der Waals surface area contributed by atoms with Gasteiger partial charge in [0.25, 0.3) is 0 Å². The van der Waals surface area contributed by atoms with Crippen molar-refractivity contribution in [2.45, 2.75) is 38.3 Å². The Morgan fingerprint density at radius 1 is 1.50 bits per heavy atom. The summed E-state index contributed by atoms with van der Waals surface area (Å²) in [5.41, 5.74) is 1.05. The molecule has 0 saturated carbocycles. The number of hydrogen-bond acceptors (Lipinski definition) is 2. The fraction of sp³-hybridized carbons (Fsp3) is 0.600. The Morgan fingerprint density at radius 2 is 2.33 bits per heavy atom. The molecule has 1 heterocycles. The molecule has 2 rings (SSSR count). The van der Waals surface area contributed by atoms with Gasteiger partial charge in [-0.3, -0.25) is 0 Å². The lowest BCUT2D eigenvalue weighted by molar-refractivity contribution is 0.290. The Morgan fingerprint density at radius 3 is 2.94 bits per heavy atom. The smallest absolute Gasteiger partial charge is 0.123 e. The average molecular weight is 250 g/mol. The molecule has 0 aromatic heterocycles. The first-order valence-corrected chi connectivity index (χ1v) is 6.89. The van der Waals surface area contributed by atoms with Crippen LogP contribution in [0.1, 0.15) is 37.8 Å². The predicted octanol–water partition coefficient (Wildman–Crippen LogP) is 2.96. The summed E-state index contributed by atoms with van der Waals surface area (Å²) in [5, 5.41) is 3.58. The summed E-state index contributed by atoms with van der Waals surface area (Å²) in [6, 6.07) is 7.82. The summed E-state index contributed by atoms with van der Waals surface area (Å²) in [5.74, 6) is -0.147. The molecule has 2 nitrogen and oxygen atoms in total. The van der Waals surface area contributed by atoms with Crippen LogP contribution in [0.15, 0.2) is 24.3 Å². The van der Waals surface area contributed by atoms with Crippen molar-refractivity contribution in [2.24, 2.45) is 0 Å². The maximum absolute atomic E-state index is 13.2. The summed E-state index contributed by atoms with van der Waals surface area (Å²) in [6.45, 7) is 4.33. The molecule has 1 aromatic rings. The largest absolute Gasteiger partial charge is 0.308 e. The van der Waals surface area contributed by atoms with Crippen LogP contribution in [-0.4, -0.2) is 31.1 Å². The summed E-state index contributed by atoms with van der Waals surface area (Å²) >= 11 is 0. The number of nitrogens with one attached hydrogen (secondary N) is 1. The van der Waals surface area contributed by atoms with Crippen LogP contribution in [0.3, 0.4) is 0 Å². The maximum Gasteiger partial charge on any atom is 0.123 e. The molecule has 1 aromatic carbocycles. The van der Waals surface area contributed by atoms with Gasteiger partial charge in [-0.25, -0.2) is 4.39 Å². The summed E-state index contributed by atoms with van der Waals surface area (Å²) < 4.78 is 13.2. The minimum atomic E-state index is -0.147. The van der Waals surface area contributed by atoms with Crippen LogP contribution in [0.2, 0.25) is 0 Å². The lowest BCUT2D eigenvalue weighted by Gasteiger charge is -2.24. The molecule has 1 aliphatic rings. The molecule has 3 heteroatoms. The van der Waals surface area contributed by atoms with E-state index in [1.165, 1.54) is 25.5 Å². The number of likely N-dealkylation sites (tertiary alicyclic amines) is 1. The Hall–Kier alpha value is -0.930. The topological polar surface area (TPSA) is 15.3 Å². The van der Waals surface area contributed by atoms with E-state index in [0.717, 1.165) is 18.5 Å². The third-order valence-corrected chi connectivity index (χ3v) is 3.93. The van der Waals surface area contributed by atoms with Crippen LogP contribution in [-0.2, 0) is 0 Å². The minimum Gasteiger partial charge on any atom is -0.308 e. The van der Waals surface area contributed by atoms with Crippen molar-refractivity contribution < 1.29 is 4.39 Å². The van der Waals surface area contributed by atoms with Crippen molar-refractivity contribution in [1.82, 2.24) is 10.2 Å². The van der Waals surface area contributed by atoms with E-state index < -0.39 is 0 Å². The van der Waals surface area contributed by atoms with E-state index in [-0.39, 0.29) is 11.9 Å². The second-order valence-corrected chi connectivity index (χ2v) is 5.20. The van der Waals surface area contributed by atoms with E-state index in [2.05, 4.69) is 24.2 Å². The number of halogens is 1. The van der Waals surface area contributed by atoms with Crippen LogP contribution in [0.5, 0.6) is 0 Å². The second-order valence-electron chi connectivity index (χ2n) is 5.20. The highest BCUT2D eigenvalue weighted by atomic mass is 19.1.